The standard InChI is InChI=1S/C15H24NO2/c1-11-15(17)14(12-8-6-5-7-9-12)13(18-11)10-16(2,3)4/h5-9,11,13-15,17H,10H2,1-4H3/q+1/t11-,13+,14?,15-/m0/s1. The fourth-order valence-corrected chi connectivity index (χ4v) is 2.74. The number of quaternary nitrogens is 1. The summed E-state index contributed by atoms with van der Waals surface area (Å²) in [6.07, 6.45) is -0.423. The molecule has 0 aromatic heterocycles. The molecule has 1 fully saturated rings. The second-order valence-electron chi connectivity index (χ2n) is 6.28. The first kappa shape index (κ1) is 13.5. The first-order chi connectivity index (χ1) is 8.38. The van der Waals surface area contributed by atoms with Crippen molar-refractivity contribution in [2.75, 3.05) is 27.7 Å². The van der Waals surface area contributed by atoms with E-state index in [-0.39, 0.29) is 18.1 Å². The molecule has 1 heterocycles. The van der Waals surface area contributed by atoms with Crippen LogP contribution in [0.4, 0.5) is 0 Å². The van der Waals surface area contributed by atoms with Gasteiger partial charge in [-0.05, 0) is 12.5 Å². The third-order valence-corrected chi connectivity index (χ3v) is 3.55. The van der Waals surface area contributed by atoms with Gasteiger partial charge in [-0.3, -0.25) is 0 Å². The molecule has 1 unspecified atom stereocenters. The lowest BCUT2D eigenvalue weighted by Crippen LogP contribution is -2.43. The van der Waals surface area contributed by atoms with Crippen LogP contribution in [0.5, 0.6) is 0 Å². The number of hydrogen-bond donors (Lipinski definition) is 1. The zero-order chi connectivity index (χ0) is 13.3. The van der Waals surface area contributed by atoms with Gasteiger partial charge in [0.15, 0.2) is 0 Å². The van der Waals surface area contributed by atoms with Crippen LogP contribution in [0.3, 0.4) is 0 Å². The Bertz CT molecular complexity index is 385. The highest BCUT2D eigenvalue weighted by atomic mass is 16.5. The molecule has 3 heteroatoms. The van der Waals surface area contributed by atoms with E-state index in [0.717, 1.165) is 11.0 Å². The monoisotopic (exact) mass is 250 g/mol. The molecular weight excluding hydrogens is 226 g/mol. The summed E-state index contributed by atoms with van der Waals surface area (Å²) in [4.78, 5) is 0. The molecule has 0 saturated carbocycles. The summed E-state index contributed by atoms with van der Waals surface area (Å²) in [5.74, 6) is 0.0820. The minimum absolute atomic E-state index is 0.0809. The number of aliphatic hydroxyl groups is 1. The average molecular weight is 250 g/mol. The van der Waals surface area contributed by atoms with Crippen molar-refractivity contribution in [1.82, 2.24) is 0 Å². The molecule has 1 aromatic rings. The Balaban J connectivity index is 2.24. The summed E-state index contributed by atoms with van der Waals surface area (Å²) in [7, 11) is 6.46. The summed E-state index contributed by atoms with van der Waals surface area (Å²) in [5.41, 5.74) is 1.17. The molecule has 0 bridgehead atoms. The molecule has 0 radical (unpaired) electrons. The maximum atomic E-state index is 10.3. The Morgan fingerprint density at radius 2 is 1.78 bits per heavy atom. The van der Waals surface area contributed by atoms with E-state index in [1.165, 1.54) is 5.56 Å². The van der Waals surface area contributed by atoms with Crippen molar-refractivity contribution >= 4 is 0 Å². The maximum absolute atomic E-state index is 10.3. The quantitative estimate of drug-likeness (QED) is 0.826. The molecule has 4 atom stereocenters. The third kappa shape index (κ3) is 2.91. The largest absolute Gasteiger partial charge is 0.390 e. The van der Waals surface area contributed by atoms with Crippen LogP contribution >= 0.6 is 0 Å². The fraction of sp³-hybridized carbons (Fsp3) is 0.600. The predicted molar refractivity (Wildman–Crippen MR) is 72.4 cm³/mol. The molecule has 18 heavy (non-hydrogen) atoms. The molecular formula is C15H24NO2+. The van der Waals surface area contributed by atoms with Crippen molar-refractivity contribution in [2.24, 2.45) is 0 Å². The van der Waals surface area contributed by atoms with Crippen molar-refractivity contribution in [3.8, 4) is 0 Å². The minimum atomic E-state index is -0.413. The van der Waals surface area contributed by atoms with E-state index in [2.05, 4.69) is 33.3 Å². The number of likely N-dealkylation sites (N-methyl/N-ethyl adjacent to an activating group) is 1. The third-order valence-electron chi connectivity index (χ3n) is 3.55. The maximum Gasteiger partial charge on any atom is 0.116 e. The van der Waals surface area contributed by atoms with Crippen molar-refractivity contribution in [3.05, 3.63) is 35.9 Å². The number of ether oxygens (including phenoxy) is 1. The van der Waals surface area contributed by atoms with Crippen molar-refractivity contribution < 1.29 is 14.3 Å². The Kier molecular flexibility index (Phi) is 3.76. The highest BCUT2D eigenvalue weighted by Crippen LogP contribution is 2.36. The lowest BCUT2D eigenvalue weighted by atomic mass is 9.88. The minimum Gasteiger partial charge on any atom is -0.390 e. The predicted octanol–water partition coefficient (Wildman–Crippen LogP) is 1.62. The van der Waals surface area contributed by atoms with E-state index in [0.29, 0.717) is 0 Å². The number of hydrogen-bond acceptors (Lipinski definition) is 2. The number of nitrogens with zero attached hydrogens (tertiary/aromatic N) is 1. The van der Waals surface area contributed by atoms with Gasteiger partial charge in [0, 0.05) is 5.92 Å². The van der Waals surface area contributed by atoms with E-state index < -0.39 is 6.10 Å². The van der Waals surface area contributed by atoms with Gasteiger partial charge in [0.25, 0.3) is 0 Å². The van der Waals surface area contributed by atoms with Gasteiger partial charge in [-0.15, -0.1) is 0 Å². The number of rotatable bonds is 3. The zero-order valence-electron chi connectivity index (χ0n) is 11.7. The SMILES string of the molecule is C[C@@H]1O[C@H](C[N+](C)(C)C)C(c2ccccc2)[C@H]1O. The van der Waals surface area contributed by atoms with Gasteiger partial charge >= 0.3 is 0 Å². The fourth-order valence-electron chi connectivity index (χ4n) is 2.74. The van der Waals surface area contributed by atoms with Gasteiger partial charge in [0.1, 0.15) is 12.6 Å². The summed E-state index contributed by atoms with van der Waals surface area (Å²) in [6.45, 7) is 2.86. The Hall–Kier alpha value is -0.900. The Morgan fingerprint density at radius 3 is 2.33 bits per heavy atom. The first-order valence-corrected chi connectivity index (χ1v) is 6.57. The van der Waals surface area contributed by atoms with Gasteiger partial charge < -0.3 is 14.3 Å². The second kappa shape index (κ2) is 5.00. The molecule has 0 amide bonds. The molecule has 1 aliphatic rings. The molecule has 100 valence electrons. The summed E-state index contributed by atoms with van der Waals surface area (Å²) >= 11 is 0. The molecule has 1 saturated heterocycles. The molecule has 2 rings (SSSR count). The van der Waals surface area contributed by atoms with E-state index in [4.69, 9.17) is 4.74 Å². The van der Waals surface area contributed by atoms with Crippen LogP contribution in [-0.2, 0) is 4.74 Å². The smallest absolute Gasteiger partial charge is 0.116 e. The molecule has 0 spiro atoms. The van der Waals surface area contributed by atoms with Gasteiger partial charge in [0.2, 0.25) is 0 Å². The normalized spacial score (nSPS) is 32.7. The second-order valence-corrected chi connectivity index (χ2v) is 6.28. The van der Waals surface area contributed by atoms with Crippen molar-refractivity contribution in [2.45, 2.75) is 31.2 Å². The first-order valence-electron chi connectivity index (χ1n) is 6.57. The van der Waals surface area contributed by atoms with Crippen molar-refractivity contribution in [1.29, 1.82) is 0 Å². The van der Waals surface area contributed by atoms with Gasteiger partial charge in [0.05, 0.1) is 33.4 Å². The number of benzene rings is 1. The Morgan fingerprint density at radius 1 is 1.17 bits per heavy atom. The van der Waals surface area contributed by atoms with Crippen LogP contribution in [0.2, 0.25) is 0 Å². The van der Waals surface area contributed by atoms with Crippen LogP contribution in [0.15, 0.2) is 30.3 Å². The molecule has 1 aromatic carbocycles. The van der Waals surface area contributed by atoms with Crippen LogP contribution in [0, 0.1) is 0 Å². The summed E-state index contributed by atoms with van der Waals surface area (Å²) in [5, 5.41) is 10.3. The zero-order valence-corrected chi connectivity index (χ0v) is 11.7. The highest BCUT2D eigenvalue weighted by molar-refractivity contribution is 5.24. The molecule has 1 N–H and O–H groups in total. The Labute approximate surface area is 110 Å². The van der Waals surface area contributed by atoms with Crippen molar-refractivity contribution in [3.63, 3.8) is 0 Å². The molecule has 1 aliphatic heterocycles. The van der Waals surface area contributed by atoms with E-state index in [1.54, 1.807) is 0 Å². The van der Waals surface area contributed by atoms with Crippen LogP contribution in [0.25, 0.3) is 0 Å². The van der Waals surface area contributed by atoms with Gasteiger partial charge in [-0.2, -0.15) is 0 Å². The topological polar surface area (TPSA) is 29.5 Å². The van der Waals surface area contributed by atoms with E-state index >= 15 is 0 Å². The molecule has 0 aliphatic carbocycles. The van der Waals surface area contributed by atoms with Gasteiger partial charge in [-0.1, -0.05) is 30.3 Å². The summed E-state index contributed by atoms with van der Waals surface area (Å²) < 4.78 is 6.79. The average Bonchev–Trinajstić information content (AvgIpc) is 2.53. The van der Waals surface area contributed by atoms with Crippen LogP contribution < -0.4 is 0 Å². The van der Waals surface area contributed by atoms with Gasteiger partial charge in [-0.25, -0.2) is 0 Å². The highest BCUT2D eigenvalue weighted by Gasteiger charge is 2.44. The van der Waals surface area contributed by atoms with E-state index in [1.807, 2.05) is 25.1 Å². The summed E-state index contributed by atoms with van der Waals surface area (Å²) in [6, 6.07) is 10.2. The molecule has 3 nitrogen and oxygen atoms in total. The lowest BCUT2D eigenvalue weighted by Gasteiger charge is -2.30. The van der Waals surface area contributed by atoms with Crippen LogP contribution in [0.1, 0.15) is 18.4 Å². The van der Waals surface area contributed by atoms with Crippen LogP contribution in [-0.4, -0.2) is 55.6 Å². The number of aliphatic hydroxyl groups excluding tert-OH is 1. The van der Waals surface area contributed by atoms with E-state index in [9.17, 15) is 5.11 Å². The lowest BCUT2D eigenvalue weighted by molar-refractivity contribution is -0.873.